The number of aromatic nitrogens is 2. The molecule has 3 heterocycles. The normalized spacial score (nSPS) is 23.2. The largest absolute Gasteiger partial charge is 0.453 e. The van der Waals surface area contributed by atoms with E-state index in [0.29, 0.717) is 32.0 Å². The van der Waals surface area contributed by atoms with Gasteiger partial charge in [-0.05, 0) is 5.92 Å². The molecule has 0 saturated carbocycles. The molecule has 2 amide bonds. The Morgan fingerprint density at radius 1 is 1.44 bits per heavy atom. The second-order valence-corrected chi connectivity index (χ2v) is 6.63. The summed E-state index contributed by atoms with van der Waals surface area (Å²) in [7, 11) is 1.27. The first-order chi connectivity index (χ1) is 12.0. The third kappa shape index (κ3) is 3.47. The summed E-state index contributed by atoms with van der Waals surface area (Å²) in [5.41, 5.74) is 0. The molecule has 1 spiro atoms. The predicted molar refractivity (Wildman–Crippen MR) is 86.5 cm³/mol. The van der Waals surface area contributed by atoms with Crippen molar-refractivity contribution >= 4 is 12.0 Å². The lowest BCUT2D eigenvalue weighted by Crippen LogP contribution is -2.52. The van der Waals surface area contributed by atoms with E-state index in [-0.39, 0.29) is 17.9 Å². The highest BCUT2D eigenvalue weighted by Gasteiger charge is 2.52. The molecular weight excluding hydrogens is 328 g/mol. The van der Waals surface area contributed by atoms with E-state index in [1.807, 2.05) is 13.8 Å². The van der Waals surface area contributed by atoms with Crippen LogP contribution >= 0.6 is 0 Å². The highest BCUT2D eigenvalue weighted by molar-refractivity contribution is 5.86. The molecule has 2 aliphatic rings. The lowest BCUT2D eigenvalue weighted by atomic mass is 10.0. The average molecular weight is 352 g/mol. The average Bonchev–Trinajstić information content (AvgIpc) is 3.33. The number of imidazole rings is 1. The number of rotatable bonds is 4. The fraction of sp³-hybridized carbons (Fsp3) is 0.688. The van der Waals surface area contributed by atoms with Crippen molar-refractivity contribution in [1.29, 1.82) is 0 Å². The van der Waals surface area contributed by atoms with E-state index < -0.39 is 17.9 Å². The lowest BCUT2D eigenvalue weighted by Gasteiger charge is -2.30. The first-order valence-electron chi connectivity index (χ1n) is 8.38. The molecule has 2 saturated heterocycles. The maximum atomic E-state index is 13.2. The van der Waals surface area contributed by atoms with E-state index in [9.17, 15) is 9.59 Å². The fourth-order valence-corrected chi connectivity index (χ4v) is 3.36. The Morgan fingerprint density at radius 2 is 2.16 bits per heavy atom. The third-order valence-electron chi connectivity index (χ3n) is 4.61. The van der Waals surface area contributed by atoms with Crippen molar-refractivity contribution in [3.8, 4) is 0 Å². The highest BCUT2D eigenvalue weighted by atomic mass is 16.7. The minimum atomic E-state index is -0.806. The molecule has 0 radical (unpaired) electrons. The fourth-order valence-electron chi connectivity index (χ4n) is 3.36. The monoisotopic (exact) mass is 352 g/mol. The molecule has 0 aromatic carbocycles. The van der Waals surface area contributed by atoms with Gasteiger partial charge in [-0.1, -0.05) is 13.8 Å². The number of hydrogen-bond acceptors (Lipinski definition) is 6. The van der Waals surface area contributed by atoms with Crippen LogP contribution in [0, 0.1) is 5.92 Å². The molecule has 0 aliphatic carbocycles. The number of ether oxygens (including phenoxy) is 3. The van der Waals surface area contributed by atoms with E-state index in [0.717, 1.165) is 0 Å². The summed E-state index contributed by atoms with van der Waals surface area (Å²) in [5.74, 6) is -0.451. The number of carbonyl (C=O) groups is 2. The Kier molecular flexibility index (Phi) is 4.96. The Labute approximate surface area is 146 Å². The molecule has 2 N–H and O–H groups in total. The Hall–Kier alpha value is -2.13. The van der Waals surface area contributed by atoms with Crippen molar-refractivity contribution < 1.29 is 23.8 Å². The summed E-state index contributed by atoms with van der Waals surface area (Å²) < 4.78 is 16.2. The number of carbonyl (C=O) groups excluding carboxylic acids is 2. The number of hydrogen-bond donors (Lipinski definition) is 2. The summed E-state index contributed by atoms with van der Waals surface area (Å²) in [6, 6.07) is -1.01. The molecule has 9 heteroatoms. The van der Waals surface area contributed by atoms with Gasteiger partial charge in [-0.25, -0.2) is 9.78 Å². The number of nitrogens with one attached hydrogen (secondary N) is 2. The van der Waals surface area contributed by atoms with Crippen molar-refractivity contribution in [2.75, 3.05) is 26.9 Å². The van der Waals surface area contributed by atoms with Gasteiger partial charge >= 0.3 is 6.09 Å². The summed E-state index contributed by atoms with van der Waals surface area (Å²) in [6.45, 7) is 5.04. The molecule has 9 nitrogen and oxygen atoms in total. The van der Waals surface area contributed by atoms with Gasteiger partial charge in [-0.15, -0.1) is 0 Å². The minimum Gasteiger partial charge on any atom is -0.453 e. The van der Waals surface area contributed by atoms with Gasteiger partial charge in [-0.2, -0.15) is 0 Å². The number of methoxy groups -OCH3 is 1. The molecule has 1 aromatic rings. The maximum absolute atomic E-state index is 13.2. The molecule has 0 unspecified atom stereocenters. The summed E-state index contributed by atoms with van der Waals surface area (Å²) >= 11 is 0. The quantitative estimate of drug-likeness (QED) is 0.831. The van der Waals surface area contributed by atoms with Crippen molar-refractivity contribution in [3.63, 3.8) is 0 Å². The van der Waals surface area contributed by atoms with Crippen LogP contribution in [0.5, 0.6) is 0 Å². The number of nitrogens with zero attached hydrogens (tertiary/aromatic N) is 2. The topological polar surface area (TPSA) is 106 Å². The van der Waals surface area contributed by atoms with Crippen LogP contribution in [0.3, 0.4) is 0 Å². The van der Waals surface area contributed by atoms with E-state index in [1.165, 1.54) is 7.11 Å². The van der Waals surface area contributed by atoms with Crippen LogP contribution in [0.4, 0.5) is 4.79 Å². The van der Waals surface area contributed by atoms with Gasteiger partial charge in [0.25, 0.3) is 0 Å². The molecule has 25 heavy (non-hydrogen) atoms. The van der Waals surface area contributed by atoms with Crippen LogP contribution in [-0.2, 0) is 19.0 Å². The van der Waals surface area contributed by atoms with Gasteiger partial charge in [0.1, 0.15) is 11.9 Å². The standard InChI is InChI=1S/C16H24N4O5/c1-10(2)12(19-15(22)23-3)14(21)20-9-16(24-6-7-25-16)8-11(20)13-17-4-5-18-13/h4-5,10-12H,6-9H2,1-3H3,(H,17,18)(H,19,22)/t11-,12-/m0/s1. The number of amides is 2. The van der Waals surface area contributed by atoms with Crippen molar-refractivity contribution in [2.45, 2.75) is 38.1 Å². The highest BCUT2D eigenvalue weighted by Crippen LogP contribution is 2.42. The summed E-state index contributed by atoms with van der Waals surface area (Å²) in [6.07, 6.45) is 3.22. The van der Waals surface area contributed by atoms with Gasteiger partial charge < -0.3 is 29.4 Å². The van der Waals surface area contributed by atoms with Gasteiger partial charge in [0.2, 0.25) is 5.91 Å². The number of likely N-dealkylation sites (tertiary alicyclic amines) is 1. The Morgan fingerprint density at radius 3 is 2.72 bits per heavy atom. The molecule has 138 valence electrons. The van der Waals surface area contributed by atoms with Gasteiger partial charge in [0, 0.05) is 18.8 Å². The van der Waals surface area contributed by atoms with Crippen LogP contribution in [-0.4, -0.2) is 65.6 Å². The molecule has 0 bridgehead atoms. The maximum Gasteiger partial charge on any atom is 0.407 e. The number of alkyl carbamates (subject to hydrolysis) is 1. The Bertz CT molecular complexity index is 612. The smallest absolute Gasteiger partial charge is 0.407 e. The minimum absolute atomic E-state index is 0.106. The van der Waals surface area contributed by atoms with Crippen molar-refractivity contribution in [1.82, 2.24) is 20.2 Å². The van der Waals surface area contributed by atoms with Crippen LogP contribution in [0.25, 0.3) is 0 Å². The van der Waals surface area contributed by atoms with E-state index in [4.69, 9.17) is 9.47 Å². The van der Waals surface area contributed by atoms with Crippen LogP contribution in [0.1, 0.15) is 32.1 Å². The predicted octanol–water partition coefficient (Wildman–Crippen LogP) is 0.807. The van der Waals surface area contributed by atoms with Gasteiger partial charge in [0.15, 0.2) is 5.79 Å². The van der Waals surface area contributed by atoms with Crippen molar-refractivity contribution in [3.05, 3.63) is 18.2 Å². The van der Waals surface area contributed by atoms with Crippen molar-refractivity contribution in [2.24, 2.45) is 5.92 Å². The molecule has 2 atom stereocenters. The van der Waals surface area contributed by atoms with E-state index >= 15 is 0 Å². The second kappa shape index (κ2) is 7.01. The van der Waals surface area contributed by atoms with Crippen LogP contribution in [0.2, 0.25) is 0 Å². The zero-order chi connectivity index (χ0) is 18.0. The number of aromatic amines is 1. The molecule has 2 fully saturated rings. The Balaban J connectivity index is 1.85. The zero-order valence-corrected chi connectivity index (χ0v) is 14.7. The van der Waals surface area contributed by atoms with Crippen LogP contribution in [0.15, 0.2) is 12.4 Å². The molecule has 2 aliphatic heterocycles. The number of H-pyrrole nitrogens is 1. The lowest BCUT2D eigenvalue weighted by molar-refractivity contribution is -0.153. The molecule has 3 rings (SSSR count). The van der Waals surface area contributed by atoms with Gasteiger partial charge in [-0.3, -0.25) is 4.79 Å². The van der Waals surface area contributed by atoms with Crippen LogP contribution < -0.4 is 5.32 Å². The molecular formula is C16H24N4O5. The molecule has 1 aromatic heterocycles. The third-order valence-corrected chi connectivity index (χ3v) is 4.61. The SMILES string of the molecule is COC(=O)N[C@H](C(=O)N1CC2(C[C@H]1c1ncc[nH]1)OCCO2)C(C)C. The van der Waals surface area contributed by atoms with E-state index in [2.05, 4.69) is 20.0 Å². The zero-order valence-electron chi connectivity index (χ0n) is 14.7. The second-order valence-electron chi connectivity index (χ2n) is 6.63. The van der Waals surface area contributed by atoms with Gasteiger partial charge in [0.05, 0.1) is 32.9 Å². The summed E-state index contributed by atoms with van der Waals surface area (Å²) in [5, 5.41) is 2.62. The first-order valence-corrected chi connectivity index (χ1v) is 8.38. The summed E-state index contributed by atoms with van der Waals surface area (Å²) in [4.78, 5) is 33.8. The first kappa shape index (κ1) is 17.7. The van der Waals surface area contributed by atoms with E-state index in [1.54, 1.807) is 17.3 Å².